The Morgan fingerprint density at radius 1 is 1.03 bits per heavy atom. The van der Waals surface area contributed by atoms with E-state index in [1.807, 2.05) is 6.07 Å². The lowest BCUT2D eigenvalue weighted by atomic mass is 9.97. The zero-order valence-electron chi connectivity index (χ0n) is 18.0. The Morgan fingerprint density at radius 3 is 2.55 bits per heavy atom. The van der Waals surface area contributed by atoms with E-state index in [1.165, 1.54) is 45.1 Å². The Hall–Kier alpha value is -1.75. The van der Waals surface area contributed by atoms with Crippen LogP contribution in [0.1, 0.15) is 63.9 Å². The Morgan fingerprint density at radius 2 is 1.79 bits per heavy atom. The average molecular weight is 402 g/mol. The van der Waals surface area contributed by atoms with Gasteiger partial charge in [-0.05, 0) is 37.5 Å². The van der Waals surface area contributed by atoms with Gasteiger partial charge in [-0.25, -0.2) is 0 Å². The molecule has 2 heterocycles. The van der Waals surface area contributed by atoms with E-state index in [1.54, 1.807) is 4.90 Å². The second kappa shape index (κ2) is 9.84. The van der Waals surface area contributed by atoms with Crippen LogP contribution in [0.2, 0.25) is 0 Å². The molecule has 2 aliphatic heterocycles. The van der Waals surface area contributed by atoms with Gasteiger partial charge in [0.1, 0.15) is 19.3 Å². The third kappa shape index (κ3) is 5.06. The molecule has 5 nitrogen and oxygen atoms in total. The molecule has 1 aromatic rings. The van der Waals surface area contributed by atoms with Crippen molar-refractivity contribution in [1.82, 2.24) is 4.90 Å². The number of ether oxygens (including phenoxy) is 2. The van der Waals surface area contributed by atoms with Gasteiger partial charge in [-0.3, -0.25) is 4.79 Å². The van der Waals surface area contributed by atoms with Crippen molar-refractivity contribution in [3.63, 3.8) is 0 Å². The van der Waals surface area contributed by atoms with Crippen LogP contribution in [0.15, 0.2) is 18.2 Å². The summed E-state index contributed by atoms with van der Waals surface area (Å²) in [7, 11) is 0. The molecule has 0 radical (unpaired) electrons. The molecule has 4 rings (SSSR count). The van der Waals surface area contributed by atoms with Crippen LogP contribution in [0.4, 0.5) is 0 Å². The van der Waals surface area contributed by atoms with Gasteiger partial charge >= 0.3 is 0 Å². The van der Waals surface area contributed by atoms with Crippen LogP contribution in [0.3, 0.4) is 0 Å². The van der Waals surface area contributed by atoms with Gasteiger partial charge in [0.05, 0.1) is 19.6 Å². The van der Waals surface area contributed by atoms with Crippen LogP contribution in [0.5, 0.6) is 11.5 Å². The predicted molar refractivity (Wildman–Crippen MR) is 113 cm³/mol. The zero-order chi connectivity index (χ0) is 20.1. The monoisotopic (exact) mass is 401 g/mol. The van der Waals surface area contributed by atoms with Crippen molar-refractivity contribution >= 4 is 5.91 Å². The fraction of sp³-hybridized carbons (Fsp3) is 0.708. The summed E-state index contributed by atoms with van der Waals surface area (Å²) in [5.74, 6) is 2.22. The molecule has 2 atom stereocenters. The maximum atomic E-state index is 13.6. The van der Waals surface area contributed by atoms with Crippen LogP contribution in [-0.4, -0.2) is 49.7 Å². The van der Waals surface area contributed by atoms with E-state index in [4.69, 9.17) is 9.47 Å². The fourth-order valence-electron chi connectivity index (χ4n) is 5.36. The van der Waals surface area contributed by atoms with Gasteiger partial charge in [0.15, 0.2) is 11.5 Å². The van der Waals surface area contributed by atoms with E-state index in [-0.39, 0.29) is 5.92 Å². The van der Waals surface area contributed by atoms with E-state index in [9.17, 15) is 4.79 Å². The SMILES string of the molecule is CC[NH+]1CCC[C@H]1CN(Cc1ccc2c(c1)OCCO2)C(=O)C1CCCCCC1. The van der Waals surface area contributed by atoms with Crippen LogP contribution < -0.4 is 14.4 Å². The minimum atomic E-state index is 0.209. The summed E-state index contributed by atoms with van der Waals surface area (Å²) in [4.78, 5) is 17.4. The van der Waals surface area contributed by atoms with Crippen molar-refractivity contribution in [2.45, 2.75) is 70.9 Å². The number of likely N-dealkylation sites (tertiary alicyclic amines) is 1. The van der Waals surface area contributed by atoms with E-state index in [2.05, 4.69) is 24.0 Å². The fourth-order valence-corrected chi connectivity index (χ4v) is 5.36. The van der Waals surface area contributed by atoms with Crippen molar-refractivity contribution in [3.05, 3.63) is 23.8 Å². The highest BCUT2D eigenvalue weighted by Crippen LogP contribution is 2.32. The van der Waals surface area contributed by atoms with Gasteiger partial charge in [0.25, 0.3) is 0 Å². The summed E-state index contributed by atoms with van der Waals surface area (Å²) in [5, 5.41) is 0. The maximum absolute atomic E-state index is 13.6. The number of fused-ring (bicyclic) bond motifs is 1. The van der Waals surface area contributed by atoms with Crippen molar-refractivity contribution in [2.75, 3.05) is 32.8 Å². The van der Waals surface area contributed by atoms with Crippen molar-refractivity contribution in [2.24, 2.45) is 5.92 Å². The quantitative estimate of drug-likeness (QED) is 0.746. The maximum Gasteiger partial charge on any atom is 0.226 e. The molecule has 29 heavy (non-hydrogen) atoms. The minimum absolute atomic E-state index is 0.209. The number of hydrogen-bond acceptors (Lipinski definition) is 3. The topological polar surface area (TPSA) is 43.2 Å². The third-order valence-electron chi connectivity index (χ3n) is 7.02. The second-order valence-corrected chi connectivity index (χ2v) is 8.99. The highest BCUT2D eigenvalue weighted by atomic mass is 16.6. The lowest BCUT2D eigenvalue weighted by molar-refractivity contribution is -0.909. The molecule has 0 bridgehead atoms. The summed E-state index contributed by atoms with van der Waals surface area (Å²) < 4.78 is 11.4. The zero-order valence-corrected chi connectivity index (χ0v) is 18.0. The predicted octanol–water partition coefficient (Wildman–Crippen LogP) is 2.82. The molecule has 5 heteroatoms. The number of likely N-dealkylation sites (N-methyl/N-ethyl adjacent to an activating group) is 1. The molecular formula is C24H37N2O3+. The smallest absolute Gasteiger partial charge is 0.226 e. The van der Waals surface area contributed by atoms with Gasteiger partial charge in [0.2, 0.25) is 5.91 Å². The van der Waals surface area contributed by atoms with E-state index in [0.717, 1.165) is 43.0 Å². The van der Waals surface area contributed by atoms with Crippen molar-refractivity contribution < 1.29 is 19.2 Å². The summed E-state index contributed by atoms with van der Waals surface area (Å²) in [6.07, 6.45) is 9.60. The summed E-state index contributed by atoms with van der Waals surface area (Å²) in [5.41, 5.74) is 1.15. The molecule has 1 aromatic carbocycles. The van der Waals surface area contributed by atoms with Crippen LogP contribution in [-0.2, 0) is 11.3 Å². The Bertz CT molecular complexity index is 685. The molecule has 1 unspecified atom stereocenters. The highest BCUT2D eigenvalue weighted by molar-refractivity contribution is 5.79. The molecule has 3 aliphatic rings. The normalized spacial score (nSPS) is 24.9. The summed E-state index contributed by atoms with van der Waals surface area (Å²) >= 11 is 0. The number of benzene rings is 1. The first-order valence-corrected chi connectivity index (χ1v) is 11.8. The van der Waals surface area contributed by atoms with Gasteiger partial charge in [-0.2, -0.15) is 0 Å². The Labute approximate surface area is 175 Å². The van der Waals surface area contributed by atoms with Gasteiger partial charge < -0.3 is 19.3 Å². The number of nitrogens with one attached hydrogen (secondary N) is 1. The molecule has 0 aromatic heterocycles. The second-order valence-electron chi connectivity index (χ2n) is 8.99. The van der Waals surface area contributed by atoms with Gasteiger partial charge in [-0.1, -0.05) is 31.7 Å². The first-order chi connectivity index (χ1) is 14.2. The van der Waals surface area contributed by atoms with Crippen molar-refractivity contribution in [3.8, 4) is 11.5 Å². The molecule has 160 valence electrons. The molecule has 1 saturated heterocycles. The number of carbonyl (C=O) groups excluding carboxylic acids is 1. The number of quaternary nitrogens is 1. The number of amides is 1. The molecular weight excluding hydrogens is 364 g/mol. The minimum Gasteiger partial charge on any atom is -0.486 e. The van der Waals surface area contributed by atoms with Gasteiger partial charge in [-0.15, -0.1) is 0 Å². The Kier molecular flexibility index (Phi) is 6.96. The largest absolute Gasteiger partial charge is 0.486 e. The molecule has 0 spiro atoms. The third-order valence-corrected chi connectivity index (χ3v) is 7.02. The van der Waals surface area contributed by atoms with E-state index >= 15 is 0 Å². The first kappa shape index (κ1) is 20.5. The number of carbonyl (C=O) groups is 1. The standard InChI is InChI=1S/C24H36N2O3/c1-2-25-13-7-10-21(25)18-26(24(27)20-8-5-3-4-6-9-20)17-19-11-12-22-23(16-19)29-15-14-28-22/h11-12,16,20-21H,2-10,13-15,17-18H2,1H3/p+1/t21-/m0/s1. The molecule has 1 saturated carbocycles. The number of nitrogens with zero attached hydrogens (tertiary/aromatic N) is 1. The molecule has 1 amide bonds. The van der Waals surface area contributed by atoms with Crippen LogP contribution in [0, 0.1) is 5.92 Å². The average Bonchev–Trinajstić information content (AvgIpc) is 3.02. The van der Waals surface area contributed by atoms with E-state index < -0.39 is 0 Å². The molecule has 2 fully saturated rings. The van der Waals surface area contributed by atoms with Crippen LogP contribution in [0.25, 0.3) is 0 Å². The highest BCUT2D eigenvalue weighted by Gasteiger charge is 2.33. The Balaban J connectivity index is 1.51. The molecule has 1 N–H and O–H groups in total. The lowest BCUT2D eigenvalue weighted by Gasteiger charge is -2.31. The summed E-state index contributed by atoms with van der Waals surface area (Å²) in [6.45, 7) is 7.43. The number of rotatable bonds is 6. The van der Waals surface area contributed by atoms with Crippen LogP contribution >= 0.6 is 0 Å². The van der Waals surface area contributed by atoms with E-state index in [0.29, 0.717) is 31.7 Å². The van der Waals surface area contributed by atoms with Gasteiger partial charge in [0, 0.05) is 25.3 Å². The van der Waals surface area contributed by atoms with Crippen molar-refractivity contribution in [1.29, 1.82) is 0 Å². The first-order valence-electron chi connectivity index (χ1n) is 11.8. The molecule has 1 aliphatic carbocycles. The number of hydrogen-bond donors (Lipinski definition) is 1. The lowest BCUT2D eigenvalue weighted by Crippen LogP contribution is -3.14. The summed E-state index contributed by atoms with van der Waals surface area (Å²) in [6, 6.07) is 6.74.